The number of nitrogens with one attached hydrogen (secondary N) is 1. The summed E-state index contributed by atoms with van der Waals surface area (Å²) in [7, 11) is 0. The zero-order valence-electron chi connectivity index (χ0n) is 16.9. The van der Waals surface area contributed by atoms with E-state index < -0.39 is 11.5 Å². The molecule has 0 saturated heterocycles. The van der Waals surface area contributed by atoms with Crippen molar-refractivity contribution in [3.05, 3.63) is 54.1 Å². The minimum Gasteiger partial charge on any atom is -0.387 e. The second kappa shape index (κ2) is 8.16. The Bertz CT molecular complexity index is 1080. The van der Waals surface area contributed by atoms with Crippen molar-refractivity contribution in [3.63, 3.8) is 0 Å². The van der Waals surface area contributed by atoms with Gasteiger partial charge in [0, 0.05) is 30.6 Å². The van der Waals surface area contributed by atoms with Gasteiger partial charge in [-0.3, -0.25) is 4.68 Å². The normalized spacial score (nSPS) is 13.5. The van der Waals surface area contributed by atoms with Crippen molar-refractivity contribution in [2.45, 2.75) is 45.3 Å². The van der Waals surface area contributed by atoms with Crippen LogP contribution in [0.1, 0.15) is 31.5 Å². The largest absolute Gasteiger partial charge is 0.387 e. The molecule has 9 heteroatoms. The van der Waals surface area contributed by atoms with E-state index in [4.69, 9.17) is 5.26 Å². The molecule has 0 aliphatic rings. The van der Waals surface area contributed by atoms with E-state index in [2.05, 4.69) is 20.4 Å². The molecular formula is C21H22F2N6O. The van der Waals surface area contributed by atoms with Gasteiger partial charge in [0.05, 0.1) is 30.8 Å². The van der Waals surface area contributed by atoms with Gasteiger partial charge in [0.25, 0.3) is 5.92 Å². The zero-order chi connectivity index (χ0) is 21.9. The Balaban J connectivity index is 1.84. The summed E-state index contributed by atoms with van der Waals surface area (Å²) in [6.45, 7) is 4.47. The quantitative estimate of drug-likeness (QED) is 0.604. The molecule has 0 saturated carbocycles. The number of aromatic nitrogens is 4. The summed E-state index contributed by atoms with van der Waals surface area (Å²) >= 11 is 0. The Hall–Kier alpha value is -3.38. The van der Waals surface area contributed by atoms with E-state index >= 15 is 0 Å². The molecule has 0 spiro atoms. The molecule has 3 rings (SSSR count). The maximum Gasteiger partial charge on any atom is 0.287 e. The first-order valence-electron chi connectivity index (χ1n) is 9.28. The molecule has 1 aromatic carbocycles. The van der Waals surface area contributed by atoms with Crippen LogP contribution in [0.3, 0.4) is 0 Å². The molecule has 0 aliphatic heterocycles. The number of aryl methyl sites for hydroxylation is 1. The highest BCUT2D eigenvalue weighted by molar-refractivity contribution is 5.70. The van der Waals surface area contributed by atoms with Gasteiger partial charge in [-0.15, -0.1) is 0 Å². The molecular weight excluding hydrogens is 390 g/mol. The van der Waals surface area contributed by atoms with Gasteiger partial charge in [-0.25, -0.2) is 9.97 Å². The topological polar surface area (TPSA) is 99.7 Å². The number of nitrogens with zero attached hydrogens (tertiary/aromatic N) is 5. The summed E-state index contributed by atoms with van der Waals surface area (Å²) in [6, 6.07) is 8.79. The van der Waals surface area contributed by atoms with E-state index in [9.17, 15) is 13.9 Å². The molecule has 1 atom stereocenters. The lowest BCUT2D eigenvalue weighted by Gasteiger charge is -2.19. The Morgan fingerprint density at radius 3 is 2.70 bits per heavy atom. The van der Waals surface area contributed by atoms with Crippen LogP contribution in [0.25, 0.3) is 11.1 Å². The molecule has 2 N–H and O–H groups in total. The van der Waals surface area contributed by atoms with Crippen LogP contribution in [0, 0.1) is 18.3 Å². The van der Waals surface area contributed by atoms with Gasteiger partial charge < -0.3 is 10.4 Å². The number of hydrogen-bond acceptors (Lipinski definition) is 6. The van der Waals surface area contributed by atoms with Gasteiger partial charge in [0.15, 0.2) is 0 Å². The highest BCUT2D eigenvalue weighted by Crippen LogP contribution is 2.28. The van der Waals surface area contributed by atoms with E-state index in [1.54, 1.807) is 24.0 Å². The maximum atomic E-state index is 13.5. The predicted molar refractivity (Wildman–Crippen MR) is 108 cm³/mol. The Kier molecular flexibility index (Phi) is 5.80. The fourth-order valence-corrected chi connectivity index (χ4v) is 2.99. The molecule has 2 aromatic heterocycles. The average Bonchev–Trinajstić information content (AvgIpc) is 3.08. The van der Waals surface area contributed by atoms with Crippen molar-refractivity contribution in [2.75, 3.05) is 5.32 Å². The molecule has 0 bridgehead atoms. The smallest absolute Gasteiger partial charge is 0.287 e. The van der Waals surface area contributed by atoms with Gasteiger partial charge in [-0.1, -0.05) is 6.07 Å². The molecule has 156 valence electrons. The van der Waals surface area contributed by atoms with Crippen LogP contribution in [0.5, 0.6) is 0 Å². The van der Waals surface area contributed by atoms with E-state index in [1.165, 1.54) is 12.3 Å². The third-order valence-corrected chi connectivity index (χ3v) is 4.37. The second-order valence-electron chi connectivity index (χ2n) is 7.62. The van der Waals surface area contributed by atoms with Crippen molar-refractivity contribution in [1.29, 1.82) is 5.26 Å². The number of rotatable bonds is 7. The van der Waals surface area contributed by atoms with Crippen molar-refractivity contribution in [3.8, 4) is 17.2 Å². The SMILES string of the molecule is Cc1cc(Nc2nccc(C(C)(F)F)n2)cc(-c2cnn(C[C@@](C)(O)CC#N)c2)c1. The van der Waals surface area contributed by atoms with Crippen molar-refractivity contribution < 1.29 is 13.9 Å². The lowest BCUT2D eigenvalue weighted by atomic mass is 10.0. The number of aliphatic hydroxyl groups is 1. The monoisotopic (exact) mass is 412 g/mol. The third-order valence-electron chi connectivity index (χ3n) is 4.37. The number of hydrogen-bond donors (Lipinski definition) is 2. The summed E-state index contributed by atoms with van der Waals surface area (Å²) in [5.74, 6) is -2.98. The first-order valence-corrected chi connectivity index (χ1v) is 9.28. The highest BCUT2D eigenvalue weighted by atomic mass is 19.3. The minimum atomic E-state index is -3.06. The Morgan fingerprint density at radius 2 is 2.00 bits per heavy atom. The average molecular weight is 412 g/mol. The van der Waals surface area contributed by atoms with Crippen LogP contribution in [-0.4, -0.2) is 30.5 Å². The molecule has 0 unspecified atom stereocenters. The van der Waals surface area contributed by atoms with Crippen LogP contribution < -0.4 is 5.32 Å². The van der Waals surface area contributed by atoms with Crippen molar-refractivity contribution >= 4 is 11.6 Å². The lowest BCUT2D eigenvalue weighted by molar-refractivity contribution is 0.0127. The van der Waals surface area contributed by atoms with Crippen LogP contribution in [0.4, 0.5) is 20.4 Å². The standard InChI is InChI=1S/C21H22F2N6O/c1-14-8-15(16-11-26-29(12-16)13-20(2,30)5-6-24)10-17(9-14)27-19-25-7-4-18(28-19)21(3,22)23/h4,7-12,30H,5,13H2,1-3H3,(H,25,27,28)/t20-/m0/s1. The first-order chi connectivity index (χ1) is 14.1. The molecule has 30 heavy (non-hydrogen) atoms. The van der Waals surface area contributed by atoms with Crippen LogP contribution in [-0.2, 0) is 12.5 Å². The number of nitriles is 1. The second-order valence-corrected chi connectivity index (χ2v) is 7.62. The molecule has 3 aromatic rings. The van der Waals surface area contributed by atoms with E-state index in [-0.39, 0.29) is 24.6 Å². The lowest BCUT2D eigenvalue weighted by Crippen LogP contribution is -2.30. The van der Waals surface area contributed by atoms with Gasteiger partial charge >= 0.3 is 0 Å². The van der Waals surface area contributed by atoms with Gasteiger partial charge in [0.1, 0.15) is 5.69 Å². The molecule has 0 amide bonds. The summed E-state index contributed by atoms with van der Waals surface area (Å²) in [4.78, 5) is 7.91. The Morgan fingerprint density at radius 1 is 1.23 bits per heavy atom. The van der Waals surface area contributed by atoms with E-state index in [0.29, 0.717) is 5.69 Å². The molecule has 2 heterocycles. The summed E-state index contributed by atoms with van der Waals surface area (Å²) in [6.07, 6.45) is 4.72. The highest BCUT2D eigenvalue weighted by Gasteiger charge is 2.26. The summed E-state index contributed by atoms with van der Waals surface area (Å²) in [5, 5.41) is 26.3. The number of alkyl halides is 2. The van der Waals surface area contributed by atoms with Gasteiger partial charge in [-0.05, 0) is 43.2 Å². The van der Waals surface area contributed by atoms with Crippen LogP contribution in [0.15, 0.2) is 42.9 Å². The number of anilines is 2. The van der Waals surface area contributed by atoms with Crippen LogP contribution in [0.2, 0.25) is 0 Å². The molecule has 7 nitrogen and oxygen atoms in total. The minimum absolute atomic E-state index is 0.00340. The molecule has 0 fully saturated rings. The fourth-order valence-electron chi connectivity index (χ4n) is 2.99. The maximum absolute atomic E-state index is 13.5. The van der Waals surface area contributed by atoms with Crippen molar-refractivity contribution in [1.82, 2.24) is 19.7 Å². The molecule has 0 aliphatic carbocycles. The van der Waals surface area contributed by atoms with Gasteiger partial charge in [0.2, 0.25) is 5.95 Å². The zero-order valence-corrected chi connectivity index (χ0v) is 16.9. The fraction of sp³-hybridized carbons (Fsp3) is 0.333. The number of halogens is 2. The summed E-state index contributed by atoms with van der Waals surface area (Å²) in [5.41, 5.74) is 1.70. The van der Waals surface area contributed by atoms with Crippen molar-refractivity contribution in [2.24, 2.45) is 0 Å². The third kappa shape index (κ3) is 5.36. The van der Waals surface area contributed by atoms with Crippen LogP contribution >= 0.6 is 0 Å². The van der Waals surface area contributed by atoms with E-state index in [0.717, 1.165) is 23.6 Å². The van der Waals surface area contributed by atoms with Gasteiger partial charge in [-0.2, -0.15) is 19.1 Å². The summed E-state index contributed by atoms with van der Waals surface area (Å²) < 4.78 is 28.6. The Labute approximate surface area is 173 Å². The number of benzene rings is 1. The predicted octanol–water partition coefficient (Wildman–Crippen LogP) is 4.17. The first kappa shape index (κ1) is 21.3. The molecule has 0 radical (unpaired) electrons. The van der Waals surface area contributed by atoms with E-state index in [1.807, 2.05) is 31.2 Å².